The maximum atomic E-state index is 13.2. The Morgan fingerprint density at radius 3 is 2.51 bits per heavy atom. The number of rotatable bonds is 12. The first-order valence-corrected chi connectivity index (χ1v) is 15.5. The molecule has 2 fully saturated rings. The first kappa shape index (κ1) is 30.7. The Hall–Kier alpha value is -0.870. The molecule has 9 atom stereocenters. The first-order valence-electron chi connectivity index (χ1n) is 13.8. The van der Waals surface area contributed by atoms with Crippen LogP contribution in [0.3, 0.4) is 0 Å². The summed E-state index contributed by atoms with van der Waals surface area (Å²) >= 11 is 7.65. The molecule has 0 saturated carbocycles. The highest BCUT2D eigenvalue weighted by molar-refractivity contribution is 7.99. The number of thioether (sulfide) groups is 1. The average molecular weight is 557 g/mol. The fraction of sp³-hybridized carbons (Fsp3) is 0.750. The predicted octanol–water partition coefficient (Wildman–Crippen LogP) is 3.22. The monoisotopic (exact) mass is 556 g/mol. The molecular formula is C28H45ClN2O5S. The number of aliphatic hydroxyl groups is 3. The summed E-state index contributed by atoms with van der Waals surface area (Å²) in [5, 5.41) is 36.8. The average Bonchev–Trinajstić information content (AvgIpc) is 3.14. The molecule has 0 radical (unpaired) electrons. The lowest BCUT2D eigenvalue weighted by Crippen LogP contribution is -2.65. The van der Waals surface area contributed by atoms with E-state index in [0.717, 1.165) is 32.2 Å². The van der Waals surface area contributed by atoms with Gasteiger partial charge in [-0.3, -0.25) is 4.79 Å². The summed E-state index contributed by atoms with van der Waals surface area (Å²) in [7, 11) is 0. The summed E-state index contributed by atoms with van der Waals surface area (Å²) in [6.45, 7) is 2.52. The summed E-state index contributed by atoms with van der Waals surface area (Å²) in [6.07, 6.45) is 6.99. The third kappa shape index (κ3) is 9.09. The van der Waals surface area contributed by atoms with Crippen molar-refractivity contribution < 1.29 is 24.9 Å². The standard InChI is InChI=1S/C28H45ClN2O5S/c1-18(29)22(26-24(33)23(32)25(34)28(36-26)37-2)31-27(35)21-15-14-20(16-17-30-21)13-7-4-3-6-10-19-11-8-5-9-12-19/h5,8-9,11-12,18,20-26,28,30,32-34H,3-4,6-7,10,13-17H2,1-2H3,(H,31,35)/t18-,20-,21-,22+,23?,24?,25+,26+,28?/m0/s1. The van der Waals surface area contributed by atoms with Gasteiger partial charge in [0.05, 0.1) is 17.5 Å². The molecule has 3 rings (SSSR count). The van der Waals surface area contributed by atoms with Gasteiger partial charge in [-0.15, -0.1) is 23.4 Å². The van der Waals surface area contributed by atoms with Crippen molar-refractivity contribution in [1.29, 1.82) is 0 Å². The highest BCUT2D eigenvalue weighted by atomic mass is 35.5. The van der Waals surface area contributed by atoms with Crippen LogP contribution in [0.15, 0.2) is 30.3 Å². The van der Waals surface area contributed by atoms with Gasteiger partial charge in [0.15, 0.2) is 0 Å². The Morgan fingerprint density at radius 2 is 1.81 bits per heavy atom. The SMILES string of the molecule is CSC1O[C@H]([C@H](NC(=O)[C@@H]2CC[C@H](CCCCCCc3ccccc3)CCN2)[C@H](C)Cl)C(O)C(O)[C@H]1O. The number of aliphatic hydroxyl groups excluding tert-OH is 3. The Labute approximate surface area is 231 Å². The fourth-order valence-corrected chi connectivity index (χ4v) is 6.36. The minimum absolute atomic E-state index is 0.170. The Kier molecular flexibility index (Phi) is 13.0. The van der Waals surface area contributed by atoms with E-state index in [0.29, 0.717) is 5.92 Å². The Bertz CT molecular complexity index is 802. The van der Waals surface area contributed by atoms with Crippen molar-refractivity contribution in [1.82, 2.24) is 10.6 Å². The van der Waals surface area contributed by atoms with Crippen LogP contribution in [-0.2, 0) is 16.0 Å². The number of unbranched alkanes of at least 4 members (excludes halogenated alkanes) is 3. The van der Waals surface area contributed by atoms with E-state index in [2.05, 4.69) is 41.0 Å². The van der Waals surface area contributed by atoms with Gasteiger partial charge in [-0.05, 0) is 63.3 Å². The number of carbonyl (C=O) groups excluding carboxylic acids is 1. The quantitative estimate of drug-likeness (QED) is 0.198. The highest BCUT2D eigenvalue weighted by Crippen LogP contribution is 2.30. The molecule has 1 aromatic carbocycles. The van der Waals surface area contributed by atoms with Gasteiger partial charge in [0.1, 0.15) is 29.9 Å². The number of aryl methyl sites for hydroxylation is 1. The molecule has 0 aromatic heterocycles. The summed E-state index contributed by atoms with van der Waals surface area (Å²) in [5.41, 5.74) is 0.697. The van der Waals surface area contributed by atoms with E-state index in [1.807, 2.05) is 0 Å². The number of hydrogen-bond acceptors (Lipinski definition) is 7. The lowest BCUT2D eigenvalue weighted by atomic mass is 9.92. The van der Waals surface area contributed by atoms with Crippen LogP contribution in [0, 0.1) is 5.92 Å². The molecule has 2 aliphatic rings. The van der Waals surface area contributed by atoms with E-state index in [9.17, 15) is 20.1 Å². The second-order valence-corrected chi connectivity index (χ2v) is 12.2. The second kappa shape index (κ2) is 15.7. The van der Waals surface area contributed by atoms with Crippen molar-refractivity contribution in [2.45, 2.75) is 112 Å². The lowest BCUT2D eigenvalue weighted by molar-refractivity contribution is -0.205. The van der Waals surface area contributed by atoms with Gasteiger partial charge in [0, 0.05) is 0 Å². The van der Waals surface area contributed by atoms with E-state index in [1.54, 1.807) is 13.2 Å². The molecule has 2 aliphatic heterocycles. The molecule has 2 heterocycles. The number of nitrogens with one attached hydrogen (secondary N) is 2. The number of hydrogen-bond donors (Lipinski definition) is 5. The van der Waals surface area contributed by atoms with Crippen molar-refractivity contribution in [3.63, 3.8) is 0 Å². The van der Waals surface area contributed by atoms with Crippen LogP contribution in [0.5, 0.6) is 0 Å². The van der Waals surface area contributed by atoms with Gasteiger partial charge in [-0.2, -0.15) is 0 Å². The molecule has 1 aromatic rings. The smallest absolute Gasteiger partial charge is 0.237 e. The van der Waals surface area contributed by atoms with Crippen LogP contribution in [0.2, 0.25) is 0 Å². The largest absolute Gasteiger partial charge is 0.388 e. The van der Waals surface area contributed by atoms with Crippen LogP contribution in [0.1, 0.15) is 63.9 Å². The zero-order valence-corrected chi connectivity index (χ0v) is 23.7. The maximum absolute atomic E-state index is 13.2. The van der Waals surface area contributed by atoms with Gasteiger partial charge in [-0.1, -0.05) is 56.0 Å². The maximum Gasteiger partial charge on any atom is 0.237 e. The molecule has 7 nitrogen and oxygen atoms in total. The van der Waals surface area contributed by atoms with Crippen LogP contribution >= 0.6 is 23.4 Å². The molecular weight excluding hydrogens is 512 g/mol. The normalized spacial score (nSPS) is 32.3. The van der Waals surface area contributed by atoms with Gasteiger partial charge >= 0.3 is 0 Å². The van der Waals surface area contributed by atoms with Crippen LogP contribution in [-0.4, -0.2) is 81.3 Å². The summed E-state index contributed by atoms with van der Waals surface area (Å²) in [6, 6.07) is 9.61. The van der Waals surface area contributed by atoms with Gasteiger partial charge in [0.25, 0.3) is 0 Å². The molecule has 3 unspecified atom stereocenters. The summed E-state index contributed by atoms with van der Waals surface area (Å²) in [4.78, 5) is 13.2. The van der Waals surface area contributed by atoms with E-state index in [1.165, 1.54) is 49.4 Å². The first-order chi connectivity index (χ1) is 17.8. The van der Waals surface area contributed by atoms with Gasteiger partial charge < -0.3 is 30.7 Å². The molecule has 5 N–H and O–H groups in total. The molecule has 37 heavy (non-hydrogen) atoms. The van der Waals surface area contributed by atoms with Crippen molar-refractivity contribution in [2.24, 2.45) is 5.92 Å². The van der Waals surface area contributed by atoms with Crippen LogP contribution in [0.4, 0.5) is 0 Å². The number of carbonyl (C=O) groups is 1. The molecule has 2 saturated heterocycles. The number of ether oxygens (including phenoxy) is 1. The van der Waals surface area contributed by atoms with E-state index in [4.69, 9.17) is 16.3 Å². The molecule has 0 aliphatic carbocycles. The van der Waals surface area contributed by atoms with Gasteiger partial charge in [-0.25, -0.2) is 0 Å². The van der Waals surface area contributed by atoms with Crippen LogP contribution in [0.25, 0.3) is 0 Å². The van der Waals surface area contributed by atoms with Crippen molar-refractivity contribution >= 4 is 29.3 Å². The summed E-state index contributed by atoms with van der Waals surface area (Å²) < 4.78 is 5.86. The minimum atomic E-state index is -1.37. The minimum Gasteiger partial charge on any atom is -0.388 e. The number of alkyl halides is 1. The Morgan fingerprint density at radius 1 is 1.08 bits per heavy atom. The zero-order valence-electron chi connectivity index (χ0n) is 22.1. The van der Waals surface area contributed by atoms with E-state index < -0.39 is 41.3 Å². The number of amides is 1. The number of halogens is 1. The lowest BCUT2D eigenvalue weighted by Gasteiger charge is -2.44. The molecule has 1 amide bonds. The van der Waals surface area contributed by atoms with Gasteiger partial charge in [0.2, 0.25) is 5.91 Å². The molecule has 210 valence electrons. The second-order valence-electron chi connectivity index (χ2n) is 10.6. The van der Waals surface area contributed by atoms with Crippen molar-refractivity contribution in [3.8, 4) is 0 Å². The zero-order chi connectivity index (χ0) is 26.8. The molecule has 9 heteroatoms. The predicted molar refractivity (Wildman–Crippen MR) is 150 cm³/mol. The van der Waals surface area contributed by atoms with Crippen molar-refractivity contribution in [2.75, 3.05) is 12.8 Å². The molecule has 0 spiro atoms. The van der Waals surface area contributed by atoms with E-state index in [-0.39, 0.29) is 11.9 Å². The van der Waals surface area contributed by atoms with E-state index >= 15 is 0 Å². The van der Waals surface area contributed by atoms with Crippen LogP contribution < -0.4 is 10.6 Å². The Balaban J connectivity index is 1.42. The number of benzene rings is 1. The third-order valence-corrected chi connectivity index (χ3v) is 8.92. The topological polar surface area (TPSA) is 111 Å². The highest BCUT2D eigenvalue weighted by Gasteiger charge is 2.48. The fourth-order valence-electron chi connectivity index (χ4n) is 5.47. The molecule has 0 bridgehead atoms. The summed E-state index contributed by atoms with van der Waals surface area (Å²) in [5.74, 6) is 0.445. The third-order valence-electron chi connectivity index (χ3n) is 7.79. The van der Waals surface area contributed by atoms with Crippen molar-refractivity contribution in [3.05, 3.63) is 35.9 Å².